The molecule has 2 aromatic rings. The summed E-state index contributed by atoms with van der Waals surface area (Å²) in [6.07, 6.45) is 6.91. The first-order valence-electron chi connectivity index (χ1n) is 7.99. The number of hydrogen-bond donors (Lipinski definition) is 0. The number of hydrogen-bond acceptors (Lipinski definition) is 5. The molecule has 1 fully saturated rings. The molecule has 24 heavy (non-hydrogen) atoms. The average molecular weight is 332 g/mol. The van der Waals surface area contributed by atoms with Gasteiger partial charge in [0, 0.05) is 38.9 Å². The molecule has 2 aromatic heterocycles. The van der Waals surface area contributed by atoms with Gasteiger partial charge in [-0.3, -0.25) is 9.48 Å². The maximum absolute atomic E-state index is 13.1. The minimum atomic E-state index is -0.169. The number of aryl methyl sites for hydroxylation is 2. The van der Waals surface area contributed by atoms with Crippen molar-refractivity contribution < 1.29 is 9.53 Å². The van der Waals surface area contributed by atoms with Crippen molar-refractivity contribution in [3.63, 3.8) is 0 Å². The van der Waals surface area contributed by atoms with Crippen LogP contribution in [0.3, 0.4) is 0 Å². The Morgan fingerprint density at radius 1 is 1.38 bits per heavy atom. The van der Waals surface area contributed by atoms with Crippen molar-refractivity contribution in [2.45, 2.75) is 12.1 Å². The Labute approximate surface area is 141 Å². The van der Waals surface area contributed by atoms with E-state index in [0.717, 1.165) is 12.1 Å². The predicted octanol–water partition coefficient (Wildman–Crippen LogP) is 0.298. The van der Waals surface area contributed by atoms with Gasteiger partial charge in [0.15, 0.2) is 0 Å². The Bertz CT molecular complexity index is 707. The number of nitrogens with zero attached hydrogens (tertiary/aromatic N) is 6. The summed E-state index contributed by atoms with van der Waals surface area (Å²) in [5.41, 5.74) is 1.56. The van der Waals surface area contributed by atoms with Crippen LogP contribution in [-0.4, -0.2) is 74.9 Å². The van der Waals surface area contributed by atoms with E-state index in [4.69, 9.17) is 4.74 Å². The Morgan fingerprint density at radius 3 is 2.75 bits per heavy atom. The summed E-state index contributed by atoms with van der Waals surface area (Å²) in [5, 5.41) is 4.27. The molecule has 2 atom stereocenters. The Balaban J connectivity index is 1.95. The van der Waals surface area contributed by atoms with Gasteiger partial charge in [0.05, 0.1) is 37.5 Å². The van der Waals surface area contributed by atoms with Crippen molar-refractivity contribution in [3.8, 4) is 0 Å². The summed E-state index contributed by atoms with van der Waals surface area (Å²) in [4.78, 5) is 21.1. The third kappa shape index (κ3) is 3.20. The van der Waals surface area contributed by atoms with E-state index < -0.39 is 0 Å². The topological polar surface area (TPSA) is 68.4 Å². The van der Waals surface area contributed by atoms with Crippen LogP contribution in [0.5, 0.6) is 0 Å². The van der Waals surface area contributed by atoms with E-state index >= 15 is 0 Å². The lowest BCUT2D eigenvalue weighted by molar-refractivity contribution is -0.0687. The van der Waals surface area contributed by atoms with Gasteiger partial charge in [0.1, 0.15) is 5.69 Å². The highest BCUT2D eigenvalue weighted by Crippen LogP contribution is 2.31. The zero-order valence-corrected chi connectivity index (χ0v) is 14.6. The van der Waals surface area contributed by atoms with Crippen LogP contribution in [0, 0.1) is 0 Å². The molecule has 0 N–H and O–H groups in total. The van der Waals surface area contributed by atoms with E-state index in [1.807, 2.05) is 45.5 Å². The van der Waals surface area contributed by atoms with Gasteiger partial charge in [-0.05, 0) is 14.1 Å². The van der Waals surface area contributed by atoms with Gasteiger partial charge < -0.3 is 19.1 Å². The number of amides is 1. The summed E-state index contributed by atoms with van der Waals surface area (Å²) < 4.78 is 9.50. The van der Waals surface area contributed by atoms with Gasteiger partial charge in [-0.1, -0.05) is 0 Å². The highest BCUT2D eigenvalue weighted by Gasteiger charge is 2.38. The number of rotatable bonds is 4. The van der Waals surface area contributed by atoms with E-state index in [9.17, 15) is 4.79 Å². The second-order valence-corrected chi connectivity index (χ2v) is 6.45. The molecule has 0 radical (unpaired) electrons. The molecule has 130 valence electrons. The van der Waals surface area contributed by atoms with Gasteiger partial charge >= 0.3 is 0 Å². The molecule has 8 heteroatoms. The van der Waals surface area contributed by atoms with Crippen molar-refractivity contribution in [3.05, 3.63) is 36.2 Å². The maximum Gasteiger partial charge on any atom is 0.272 e. The van der Waals surface area contributed by atoms with E-state index in [2.05, 4.69) is 15.0 Å². The van der Waals surface area contributed by atoms with Crippen LogP contribution in [0.25, 0.3) is 0 Å². The molecular weight excluding hydrogens is 308 g/mol. The molecule has 0 saturated carbocycles. The summed E-state index contributed by atoms with van der Waals surface area (Å²) >= 11 is 0. The molecule has 1 amide bonds. The molecule has 0 bridgehead atoms. The molecule has 1 aliphatic rings. The highest BCUT2D eigenvalue weighted by molar-refractivity contribution is 5.92. The van der Waals surface area contributed by atoms with Gasteiger partial charge in [-0.2, -0.15) is 5.10 Å². The monoisotopic (exact) mass is 332 g/mol. The third-order valence-corrected chi connectivity index (χ3v) is 4.26. The summed E-state index contributed by atoms with van der Waals surface area (Å²) in [5.74, 6) is -0.0316. The SMILES string of the molecule is CN(C)C[C@@H]1OCCN(C(=O)c2cncn2C)[C@H]1c1cnn(C)c1. The first-order chi connectivity index (χ1) is 11.5. The van der Waals surface area contributed by atoms with Crippen LogP contribution >= 0.6 is 0 Å². The number of imidazole rings is 1. The van der Waals surface area contributed by atoms with Crippen molar-refractivity contribution in [2.75, 3.05) is 33.8 Å². The van der Waals surface area contributed by atoms with Gasteiger partial charge in [0.25, 0.3) is 5.91 Å². The molecule has 3 rings (SSSR count). The molecule has 3 heterocycles. The third-order valence-electron chi connectivity index (χ3n) is 4.26. The first-order valence-corrected chi connectivity index (χ1v) is 7.99. The van der Waals surface area contributed by atoms with E-state index in [0.29, 0.717) is 18.8 Å². The lowest BCUT2D eigenvalue weighted by atomic mass is 10.00. The maximum atomic E-state index is 13.1. The second kappa shape index (κ2) is 6.74. The normalized spacial score (nSPS) is 21.5. The fourth-order valence-corrected chi connectivity index (χ4v) is 3.17. The fourth-order valence-electron chi connectivity index (χ4n) is 3.17. The second-order valence-electron chi connectivity index (χ2n) is 6.45. The van der Waals surface area contributed by atoms with E-state index in [1.54, 1.807) is 21.8 Å². The lowest BCUT2D eigenvalue weighted by Gasteiger charge is -2.41. The standard InChI is InChI=1S/C16H24N6O2/c1-19(2)10-14-15(12-7-18-21(4)9-12)22(5-6-24-14)16(23)13-8-17-11-20(13)3/h7-9,11,14-15H,5-6,10H2,1-4H3/t14-,15-/m0/s1. The Kier molecular flexibility index (Phi) is 4.68. The van der Waals surface area contributed by atoms with Crippen LogP contribution in [-0.2, 0) is 18.8 Å². The lowest BCUT2D eigenvalue weighted by Crippen LogP contribution is -2.51. The van der Waals surface area contributed by atoms with Gasteiger partial charge in [0.2, 0.25) is 0 Å². The van der Waals surface area contributed by atoms with Crippen molar-refractivity contribution in [1.82, 2.24) is 29.1 Å². The minimum Gasteiger partial charge on any atom is -0.373 e. The molecule has 0 aromatic carbocycles. The first kappa shape index (κ1) is 16.7. The summed E-state index contributed by atoms with van der Waals surface area (Å²) in [6, 6.07) is -0.169. The van der Waals surface area contributed by atoms with Crippen LogP contribution in [0.4, 0.5) is 0 Å². The number of carbonyl (C=O) groups excluding carboxylic acids is 1. The van der Waals surface area contributed by atoms with Crippen molar-refractivity contribution >= 4 is 5.91 Å². The number of aromatic nitrogens is 4. The summed E-state index contributed by atoms with van der Waals surface area (Å²) in [7, 11) is 7.72. The van der Waals surface area contributed by atoms with Crippen molar-refractivity contribution in [2.24, 2.45) is 14.1 Å². The molecule has 8 nitrogen and oxygen atoms in total. The predicted molar refractivity (Wildman–Crippen MR) is 88.5 cm³/mol. The average Bonchev–Trinajstić information content (AvgIpc) is 3.14. The molecular formula is C16H24N6O2. The van der Waals surface area contributed by atoms with Crippen molar-refractivity contribution in [1.29, 1.82) is 0 Å². The number of morpholine rings is 1. The molecule has 0 unspecified atom stereocenters. The van der Waals surface area contributed by atoms with Crippen LogP contribution in [0.2, 0.25) is 0 Å². The molecule has 1 saturated heterocycles. The Hall–Kier alpha value is -2.19. The van der Waals surface area contributed by atoms with Crippen LogP contribution < -0.4 is 0 Å². The van der Waals surface area contributed by atoms with Crippen LogP contribution in [0.15, 0.2) is 24.9 Å². The largest absolute Gasteiger partial charge is 0.373 e. The number of ether oxygens (including phenoxy) is 1. The highest BCUT2D eigenvalue weighted by atomic mass is 16.5. The Morgan fingerprint density at radius 2 is 2.17 bits per heavy atom. The van der Waals surface area contributed by atoms with Gasteiger partial charge in [-0.25, -0.2) is 4.98 Å². The van der Waals surface area contributed by atoms with Crippen LogP contribution in [0.1, 0.15) is 22.1 Å². The zero-order chi connectivity index (χ0) is 17.3. The van der Waals surface area contributed by atoms with Gasteiger partial charge in [-0.15, -0.1) is 0 Å². The molecule has 0 spiro atoms. The van der Waals surface area contributed by atoms with E-state index in [1.165, 1.54) is 0 Å². The fraction of sp³-hybridized carbons (Fsp3) is 0.562. The minimum absolute atomic E-state index is 0.0316. The smallest absolute Gasteiger partial charge is 0.272 e. The molecule has 0 aliphatic carbocycles. The number of carbonyl (C=O) groups is 1. The molecule has 1 aliphatic heterocycles. The quantitative estimate of drug-likeness (QED) is 0.805. The number of likely N-dealkylation sites (N-methyl/N-ethyl adjacent to an activating group) is 1. The van der Waals surface area contributed by atoms with E-state index in [-0.39, 0.29) is 18.1 Å². The zero-order valence-electron chi connectivity index (χ0n) is 14.6. The summed E-state index contributed by atoms with van der Waals surface area (Å²) in [6.45, 7) is 1.81.